The van der Waals surface area contributed by atoms with Crippen molar-refractivity contribution < 1.29 is 4.79 Å². The monoisotopic (exact) mass is 170 g/mol. The van der Waals surface area contributed by atoms with Crippen molar-refractivity contribution >= 4 is 17.5 Å². The second kappa shape index (κ2) is 3.44. The largest absolute Gasteiger partial charge is 0.298 e. The van der Waals surface area contributed by atoms with Gasteiger partial charge < -0.3 is 0 Å². The van der Waals surface area contributed by atoms with Crippen LogP contribution in [0.25, 0.3) is 0 Å². The quantitative estimate of drug-likeness (QED) is 0.605. The number of carbonyl (C=O) groups excluding carboxylic acids is 1. The maximum Gasteiger partial charge on any atom is 0.152 e. The van der Waals surface area contributed by atoms with Crippen molar-refractivity contribution in [1.82, 2.24) is 0 Å². The predicted octanol–water partition coefficient (Wildman–Crippen LogP) is 2.42. The van der Waals surface area contributed by atoms with Gasteiger partial charge >= 0.3 is 0 Å². The summed E-state index contributed by atoms with van der Waals surface area (Å²) in [4.78, 5) is 11.5. The number of carbonyl (C=O) groups is 1. The van der Waals surface area contributed by atoms with Crippen LogP contribution in [0.2, 0.25) is 0 Å². The zero-order chi connectivity index (χ0) is 8.32. The Hall–Kier alpha value is -0.240. The van der Waals surface area contributed by atoms with E-state index in [-0.39, 0.29) is 4.75 Å². The molecule has 0 amide bonds. The third-order valence-corrected chi connectivity index (χ3v) is 3.70. The van der Waals surface area contributed by atoms with E-state index in [1.165, 1.54) is 6.42 Å². The molecule has 1 nitrogen and oxygen atoms in total. The fraction of sp³-hybridized carbons (Fsp3) is 0.667. The standard InChI is InChI=1S/C9H14OS/c1-3-5-8(10)9(2)6-4-7-11-9/h3H,1,4-7H2,2H3. The summed E-state index contributed by atoms with van der Waals surface area (Å²) in [6.45, 7) is 5.63. The maximum atomic E-state index is 11.5. The summed E-state index contributed by atoms with van der Waals surface area (Å²) < 4.78 is -0.0891. The lowest BCUT2D eigenvalue weighted by Crippen LogP contribution is -2.27. The Labute approximate surface area is 72.2 Å². The topological polar surface area (TPSA) is 17.1 Å². The van der Waals surface area contributed by atoms with Crippen LogP contribution in [0.3, 0.4) is 0 Å². The van der Waals surface area contributed by atoms with Crippen molar-refractivity contribution in [2.45, 2.75) is 30.9 Å². The van der Waals surface area contributed by atoms with Crippen LogP contribution >= 0.6 is 11.8 Å². The number of allylic oxidation sites excluding steroid dienone is 1. The van der Waals surface area contributed by atoms with Gasteiger partial charge in [0.25, 0.3) is 0 Å². The molecule has 0 aromatic carbocycles. The first-order chi connectivity index (χ1) is 5.19. The van der Waals surface area contributed by atoms with Gasteiger partial charge in [-0.05, 0) is 25.5 Å². The first-order valence-corrected chi connectivity index (χ1v) is 4.96. The Kier molecular flexibility index (Phi) is 2.77. The molecule has 0 radical (unpaired) electrons. The lowest BCUT2D eigenvalue weighted by molar-refractivity contribution is -0.120. The van der Waals surface area contributed by atoms with E-state index in [2.05, 4.69) is 13.5 Å². The minimum absolute atomic E-state index is 0.0891. The SMILES string of the molecule is C=CCC(=O)C1(C)CCCS1. The average Bonchev–Trinajstić information content (AvgIpc) is 2.38. The number of ketones is 1. The molecule has 1 heterocycles. The van der Waals surface area contributed by atoms with Crippen molar-refractivity contribution in [3.8, 4) is 0 Å². The van der Waals surface area contributed by atoms with Crippen molar-refractivity contribution in [2.75, 3.05) is 5.75 Å². The zero-order valence-electron chi connectivity index (χ0n) is 6.93. The molecule has 1 rings (SSSR count). The fourth-order valence-electron chi connectivity index (χ4n) is 1.35. The van der Waals surface area contributed by atoms with E-state index in [9.17, 15) is 4.79 Å². The Bertz CT molecular complexity index is 168. The van der Waals surface area contributed by atoms with Crippen LogP contribution in [-0.2, 0) is 4.79 Å². The summed E-state index contributed by atoms with van der Waals surface area (Å²) in [5.74, 6) is 1.48. The molecular weight excluding hydrogens is 156 g/mol. The van der Waals surface area contributed by atoms with E-state index in [4.69, 9.17) is 0 Å². The lowest BCUT2D eigenvalue weighted by atomic mass is 9.98. The first kappa shape index (κ1) is 8.85. The summed E-state index contributed by atoms with van der Waals surface area (Å²) in [5, 5.41) is 0. The Balaban J connectivity index is 2.55. The molecule has 0 aromatic heterocycles. The Morgan fingerprint density at radius 3 is 3.00 bits per heavy atom. The summed E-state index contributed by atoms with van der Waals surface area (Å²) in [6.07, 6.45) is 4.46. The number of hydrogen-bond acceptors (Lipinski definition) is 2. The molecular formula is C9H14OS. The van der Waals surface area contributed by atoms with Crippen LogP contribution in [-0.4, -0.2) is 16.3 Å². The van der Waals surface area contributed by atoms with Gasteiger partial charge in [-0.15, -0.1) is 18.3 Å². The van der Waals surface area contributed by atoms with Gasteiger partial charge in [0.15, 0.2) is 5.78 Å². The van der Waals surface area contributed by atoms with Gasteiger partial charge in [0.2, 0.25) is 0 Å². The zero-order valence-corrected chi connectivity index (χ0v) is 7.75. The van der Waals surface area contributed by atoms with Gasteiger partial charge in [-0.3, -0.25) is 4.79 Å². The van der Waals surface area contributed by atoms with Crippen molar-refractivity contribution in [3.63, 3.8) is 0 Å². The molecule has 1 aliphatic heterocycles. The van der Waals surface area contributed by atoms with Crippen LogP contribution in [0, 0.1) is 0 Å². The highest BCUT2D eigenvalue weighted by molar-refractivity contribution is 8.01. The molecule has 1 unspecified atom stereocenters. The van der Waals surface area contributed by atoms with Crippen LogP contribution < -0.4 is 0 Å². The Morgan fingerprint density at radius 1 is 1.82 bits per heavy atom. The van der Waals surface area contributed by atoms with Gasteiger partial charge in [0.05, 0.1) is 4.75 Å². The van der Waals surface area contributed by atoms with Crippen molar-refractivity contribution in [1.29, 1.82) is 0 Å². The number of Topliss-reactive ketones (excluding diaryl/α,β-unsaturated/α-hetero) is 1. The normalized spacial score (nSPS) is 30.3. The first-order valence-electron chi connectivity index (χ1n) is 3.97. The Morgan fingerprint density at radius 2 is 2.55 bits per heavy atom. The molecule has 0 aliphatic carbocycles. The molecule has 62 valence electrons. The molecule has 0 saturated carbocycles. The van der Waals surface area contributed by atoms with E-state index in [1.807, 2.05) is 0 Å². The molecule has 1 saturated heterocycles. The third-order valence-electron chi connectivity index (χ3n) is 2.14. The van der Waals surface area contributed by atoms with Gasteiger partial charge in [0.1, 0.15) is 0 Å². The van der Waals surface area contributed by atoms with E-state index in [0.29, 0.717) is 12.2 Å². The summed E-state index contributed by atoms with van der Waals surface area (Å²) >= 11 is 1.80. The highest BCUT2D eigenvalue weighted by Gasteiger charge is 2.35. The van der Waals surface area contributed by atoms with E-state index in [0.717, 1.165) is 12.2 Å². The van der Waals surface area contributed by atoms with E-state index < -0.39 is 0 Å². The molecule has 0 spiro atoms. The van der Waals surface area contributed by atoms with Crippen molar-refractivity contribution in [2.24, 2.45) is 0 Å². The third kappa shape index (κ3) is 1.86. The fourth-order valence-corrected chi connectivity index (χ4v) is 2.62. The minimum atomic E-state index is -0.0891. The highest BCUT2D eigenvalue weighted by atomic mass is 32.2. The summed E-state index contributed by atoms with van der Waals surface area (Å²) in [5.41, 5.74) is 0. The van der Waals surface area contributed by atoms with Gasteiger partial charge in [-0.1, -0.05) is 6.08 Å². The van der Waals surface area contributed by atoms with Crippen LogP contribution in [0.15, 0.2) is 12.7 Å². The van der Waals surface area contributed by atoms with Crippen LogP contribution in [0.5, 0.6) is 0 Å². The molecule has 1 aliphatic rings. The predicted molar refractivity (Wildman–Crippen MR) is 49.9 cm³/mol. The number of rotatable bonds is 3. The van der Waals surface area contributed by atoms with Crippen molar-refractivity contribution in [3.05, 3.63) is 12.7 Å². The minimum Gasteiger partial charge on any atom is -0.298 e. The highest BCUT2D eigenvalue weighted by Crippen LogP contribution is 2.39. The summed E-state index contributed by atoms with van der Waals surface area (Å²) in [6, 6.07) is 0. The second-order valence-corrected chi connectivity index (χ2v) is 4.70. The smallest absolute Gasteiger partial charge is 0.152 e. The lowest BCUT2D eigenvalue weighted by Gasteiger charge is -2.19. The molecule has 11 heavy (non-hydrogen) atoms. The van der Waals surface area contributed by atoms with Gasteiger partial charge in [-0.2, -0.15) is 0 Å². The molecule has 1 atom stereocenters. The molecule has 2 heteroatoms. The van der Waals surface area contributed by atoms with E-state index >= 15 is 0 Å². The molecule has 1 fully saturated rings. The van der Waals surface area contributed by atoms with Crippen LogP contribution in [0.4, 0.5) is 0 Å². The number of thioether (sulfide) groups is 1. The number of hydrogen-bond donors (Lipinski definition) is 0. The average molecular weight is 170 g/mol. The second-order valence-electron chi connectivity index (χ2n) is 3.10. The molecule has 0 aromatic rings. The summed E-state index contributed by atoms with van der Waals surface area (Å²) in [7, 11) is 0. The molecule has 0 N–H and O–H groups in total. The van der Waals surface area contributed by atoms with Gasteiger partial charge in [-0.25, -0.2) is 0 Å². The van der Waals surface area contributed by atoms with Crippen LogP contribution in [0.1, 0.15) is 26.2 Å². The van der Waals surface area contributed by atoms with Gasteiger partial charge in [0, 0.05) is 6.42 Å². The maximum absolute atomic E-state index is 11.5. The molecule has 0 bridgehead atoms. The van der Waals surface area contributed by atoms with E-state index in [1.54, 1.807) is 17.8 Å².